The number of rotatable bonds is 5. The third-order valence-corrected chi connectivity index (χ3v) is 4.97. The molecular weight excluding hydrogens is 364 g/mol. The van der Waals surface area contributed by atoms with Gasteiger partial charge in [-0.1, -0.05) is 12.1 Å². The highest BCUT2D eigenvalue weighted by atomic mass is 19.1. The van der Waals surface area contributed by atoms with Gasteiger partial charge < -0.3 is 10.2 Å². The smallest absolute Gasteiger partial charge is 0.241 e. The number of carbonyl (C=O) groups is 2. The molecule has 2 amide bonds. The maximum absolute atomic E-state index is 13.8. The molecule has 1 atom stereocenters. The van der Waals surface area contributed by atoms with Crippen molar-refractivity contribution in [2.75, 3.05) is 19.6 Å². The fourth-order valence-corrected chi connectivity index (χ4v) is 3.44. The number of halogens is 2. The number of aromatic nitrogens is 1. The van der Waals surface area contributed by atoms with Crippen LogP contribution in [0.5, 0.6) is 0 Å². The van der Waals surface area contributed by atoms with Crippen molar-refractivity contribution in [3.8, 4) is 0 Å². The molecule has 148 valence electrons. The molecule has 2 aromatic rings. The summed E-state index contributed by atoms with van der Waals surface area (Å²) in [7, 11) is 0. The van der Waals surface area contributed by atoms with Gasteiger partial charge in [0.25, 0.3) is 0 Å². The van der Waals surface area contributed by atoms with E-state index >= 15 is 0 Å². The second-order valence-corrected chi connectivity index (χ2v) is 7.06. The van der Waals surface area contributed by atoms with Gasteiger partial charge >= 0.3 is 0 Å². The first kappa shape index (κ1) is 19.9. The van der Waals surface area contributed by atoms with Crippen LogP contribution in [-0.4, -0.2) is 41.3 Å². The van der Waals surface area contributed by atoms with Gasteiger partial charge in [-0.3, -0.25) is 14.6 Å². The van der Waals surface area contributed by atoms with Crippen LogP contribution in [0.1, 0.15) is 42.5 Å². The van der Waals surface area contributed by atoms with Crippen LogP contribution in [0, 0.1) is 11.6 Å². The lowest BCUT2D eigenvalue weighted by Crippen LogP contribution is -2.44. The van der Waals surface area contributed by atoms with E-state index in [1.807, 2.05) is 12.1 Å². The molecule has 5 nitrogen and oxygen atoms in total. The van der Waals surface area contributed by atoms with Gasteiger partial charge in [0.15, 0.2) is 0 Å². The summed E-state index contributed by atoms with van der Waals surface area (Å²) in [6.07, 6.45) is 3.55. The van der Waals surface area contributed by atoms with Crippen molar-refractivity contribution in [2.24, 2.45) is 0 Å². The lowest BCUT2D eigenvalue weighted by atomic mass is 9.93. The number of benzene rings is 1. The number of pyridine rings is 1. The van der Waals surface area contributed by atoms with Crippen molar-refractivity contribution in [2.45, 2.75) is 32.1 Å². The zero-order chi connectivity index (χ0) is 20.1. The highest BCUT2D eigenvalue weighted by Gasteiger charge is 2.25. The molecule has 1 aromatic carbocycles. The molecule has 1 N–H and O–H groups in total. The number of carbonyl (C=O) groups excluding carboxylic acids is 2. The Bertz CT molecular complexity index is 835. The molecule has 0 saturated carbocycles. The third-order valence-electron chi connectivity index (χ3n) is 4.97. The zero-order valence-corrected chi connectivity index (χ0v) is 15.8. The molecule has 1 aliphatic heterocycles. The SMILES string of the molecule is CC(=O)NCC(=O)N1CCCC(c2ccc(Cc3c(F)cccc3F)cn2)C1. The van der Waals surface area contributed by atoms with E-state index in [0.717, 1.165) is 24.1 Å². The van der Waals surface area contributed by atoms with Crippen molar-refractivity contribution in [3.63, 3.8) is 0 Å². The van der Waals surface area contributed by atoms with Crippen molar-refractivity contribution in [3.05, 3.63) is 65.0 Å². The van der Waals surface area contributed by atoms with Gasteiger partial charge in [0.05, 0.1) is 6.54 Å². The summed E-state index contributed by atoms with van der Waals surface area (Å²) >= 11 is 0. The lowest BCUT2D eigenvalue weighted by Gasteiger charge is -2.32. The van der Waals surface area contributed by atoms with E-state index in [0.29, 0.717) is 13.1 Å². The predicted octanol–water partition coefficient (Wildman–Crippen LogP) is 2.79. The average molecular weight is 387 g/mol. The van der Waals surface area contributed by atoms with E-state index < -0.39 is 11.6 Å². The Morgan fingerprint density at radius 3 is 2.61 bits per heavy atom. The van der Waals surface area contributed by atoms with E-state index in [1.54, 1.807) is 11.1 Å². The van der Waals surface area contributed by atoms with E-state index in [2.05, 4.69) is 10.3 Å². The summed E-state index contributed by atoms with van der Waals surface area (Å²) in [5.41, 5.74) is 1.61. The summed E-state index contributed by atoms with van der Waals surface area (Å²) in [6, 6.07) is 7.52. The topological polar surface area (TPSA) is 62.3 Å². The van der Waals surface area contributed by atoms with Crippen LogP contribution in [0.25, 0.3) is 0 Å². The molecule has 0 aliphatic carbocycles. The summed E-state index contributed by atoms with van der Waals surface area (Å²) in [5.74, 6) is -1.36. The van der Waals surface area contributed by atoms with Crippen molar-refractivity contribution >= 4 is 11.8 Å². The van der Waals surface area contributed by atoms with Crippen LogP contribution in [0.3, 0.4) is 0 Å². The zero-order valence-electron chi connectivity index (χ0n) is 15.8. The first-order valence-electron chi connectivity index (χ1n) is 9.34. The molecule has 1 unspecified atom stereocenters. The van der Waals surface area contributed by atoms with E-state index in [4.69, 9.17) is 0 Å². The Morgan fingerprint density at radius 1 is 1.21 bits per heavy atom. The fraction of sp³-hybridized carbons (Fsp3) is 0.381. The minimum atomic E-state index is -0.565. The number of amides is 2. The van der Waals surface area contributed by atoms with Crippen LogP contribution in [0.2, 0.25) is 0 Å². The van der Waals surface area contributed by atoms with E-state index in [9.17, 15) is 18.4 Å². The number of hydrogen-bond donors (Lipinski definition) is 1. The molecule has 1 saturated heterocycles. The molecule has 1 fully saturated rings. The van der Waals surface area contributed by atoms with Crippen LogP contribution in [0.4, 0.5) is 8.78 Å². The van der Waals surface area contributed by atoms with Gasteiger partial charge in [0.1, 0.15) is 11.6 Å². The highest BCUT2D eigenvalue weighted by molar-refractivity contribution is 5.83. The molecule has 1 aliphatic rings. The molecule has 3 rings (SSSR count). The van der Waals surface area contributed by atoms with Crippen molar-refractivity contribution in [1.29, 1.82) is 0 Å². The molecule has 0 bridgehead atoms. The van der Waals surface area contributed by atoms with Crippen LogP contribution in [-0.2, 0) is 16.0 Å². The maximum Gasteiger partial charge on any atom is 0.241 e. The summed E-state index contributed by atoms with van der Waals surface area (Å²) in [6.45, 7) is 2.60. The monoisotopic (exact) mass is 387 g/mol. The molecular formula is C21H23F2N3O2. The Kier molecular flexibility index (Phi) is 6.34. The summed E-state index contributed by atoms with van der Waals surface area (Å²) < 4.78 is 27.6. The van der Waals surface area contributed by atoms with Gasteiger partial charge in [-0.15, -0.1) is 0 Å². The molecule has 2 heterocycles. The van der Waals surface area contributed by atoms with Gasteiger partial charge in [-0.05, 0) is 36.6 Å². The molecule has 0 radical (unpaired) electrons. The van der Waals surface area contributed by atoms with Gasteiger partial charge in [-0.2, -0.15) is 0 Å². The summed E-state index contributed by atoms with van der Waals surface area (Å²) in [4.78, 5) is 29.4. The Morgan fingerprint density at radius 2 is 1.96 bits per heavy atom. The third kappa shape index (κ3) is 4.91. The highest BCUT2D eigenvalue weighted by Crippen LogP contribution is 2.26. The number of piperidine rings is 1. The standard InChI is InChI=1S/C21H23F2N3O2/c1-14(27)24-12-21(28)26-9-3-4-16(13-26)20-8-7-15(11-25-20)10-17-18(22)5-2-6-19(17)23/h2,5-8,11,16H,3-4,9-10,12-13H2,1H3,(H,24,27). The second-order valence-electron chi connectivity index (χ2n) is 7.06. The Balaban J connectivity index is 1.64. The number of nitrogens with one attached hydrogen (secondary N) is 1. The molecule has 1 aromatic heterocycles. The fourth-order valence-electron chi connectivity index (χ4n) is 3.44. The minimum Gasteiger partial charge on any atom is -0.347 e. The van der Waals surface area contributed by atoms with Crippen LogP contribution < -0.4 is 5.32 Å². The quantitative estimate of drug-likeness (QED) is 0.858. The number of nitrogens with zero attached hydrogens (tertiary/aromatic N) is 2. The van der Waals surface area contributed by atoms with E-state index in [-0.39, 0.29) is 36.3 Å². The van der Waals surface area contributed by atoms with Crippen LogP contribution >= 0.6 is 0 Å². The Labute approximate surface area is 162 Å². The normalized spacial score (nSPS) is 16.7. The summed E-state index contributed by atoms with van der Waals surface area (Å²) in [5, 5.41) is 2.53. The molecule has 28 heavy (non-hydrogen) atoms. The first-order valence-corrected chi connectivity index (χ1v) is 9.34. The maximum atomic E-state index is 13.8. The van der Waals surface area contributed by atoms with Crippen molar-refractivity contribution in [1.82, 2.24) is 15.2 Å². The van der Waals surface area contributed by atoms with Crippen molar-refractivity contribution < 1.29 is 18.4 Å². The first-order chi connectivity index (χ1) is 13.4. The van der Waals surface area contributed by atoms with Crippen LogP contribution in [0.15, 0.2) is 36.5 Å². The number of hydrogen-bond acceptors (Lipinski definition) is 3. The molecule has 7 heteroatoms. The molecule has 0 spiro atoms. The average Bonchev–Trinajstić information content (AvgIpc) is 2.69. The van der Waals surface area contributed by atoms with E-state index in [1.165, 1.54) is 25.1 Å². The Hall–Kier alpha value is -2.83. The second kappa shape index (κ2) is 8.91. The van der Waals surface area contributed by atoms with Gasteiger partial charge in [-0.25, -0.2) is 8.78 Å². The largest absolute Gasteiger partial charge is 0.347 e. The lowest BCUT2D eigenvalue weighted by molar-refractivity contribution is -0.133. The number of likely N-dealkylation sites (tertiary alicyclic amines) is 1. The van der Waals surface area contributed by atoms with Gasteiger partial charge in [0, 0.05) is 49.8 Å². The van der Waals surface area contributed by atoms with Gasteiger partial charge in [0.2, 0.25) is 11.8 Å². The minimum absolute atomic E-state index is 0.00260. The predicted molar refractivity (Wildman–Crippen MR) is 101 cm³/mol.